The minimum absolute atomic E-state index is 0.0965. The summed E-state index contributed by atoms with van der Waals surface area (Å²) in [6.45, 7) is 0.844. The maximum atomic E-state index is 10.8. The molecule has 0 amide bonds. The number of nitro groups is 2. The van der Waals surface area contributed by atoms with E-state index >= 15 is 0 Å². The van der Waals surface area contributed by atoms with Gasteiger partial charge in [-0.05, 0) is 18.6 Å². The molecule has 2 rings (SSSR count). The number of nitrogens with one attached hydrogen (secondary N) is 2. The molecule has 0 fully saturated rings. The molecule has 0 unspecified atom stereocenters. The van der Waals surface area contributed by atoms with E-state index in [1.54, 1.807) is 0 Å². The van der Waals surface area contributed by atoms with Crippen LogP contribution in [0.2, 0.25) is 0 Å². The Morgan fingerprint density at radius 2 is 1.30 bits per heavy atom. The van der Waals surface area contributed by atoms with Crippen molar-refractivity contribution in [2.45, 2.75) is 6.42 Å². The van der Waals surface area contributed by atoms with Crippen LogP contribution in [-0.2, 0) is 0 Å². The molecule has 120 valence electrons. The van der Waals surface area contributed by atoms with Gasteiger partial charge in [0.2, 0.25) is 11.6 Å². The summed E-state index contributed by atoms with van der Waals surface area (Å²) < 4.78 is 0. The Hall–Kier alpha value is -3.30. The van der Waals surface area contributed by atoms with Gasteiger partial charge in [0.25, 0.3) is 0 Å². The number of rotatable bonds is 8. The second-order valence-electron chi connectivity index (χ2n) is 4.46. The summed E-state index contributed by atoms with van der Waals surface area (Å²) in [4.78, 5) is 28.5. The van der Waals surface area contributed by atoms with Gasteiger partial charge in [-0.2, -0.15) is 0 Å². The van der Waals surface area contributed by atoms with Crippen LogP contribution in [0.25, 0.3) is 0 Å². The smallest absolute Gasteiger partial charge is 0.311 e. The first kappa shape index (κ1) is 16.1. The van der Waals surface area contributed by atoms with Gasteiger partial charge in [-0.15, -0.1) is 0 Å². The van der Waals surface area contributed by atoms with Crippen molar-refractivity contribution in [3.05, 3.63) is 56.9 Å². The molecule has 10 heteroatoms. The summed E-state index contributed by atoms with van der Waals surface area (Å²) in [5.74, 6) is 0.391. The summed E-state index contributed by atoms with van der Waals surface area (Å²) in [6, 6.07) is 5.71. The highest BCUT2D eigenvalue weighted by Crippen LogP contribution is 2.21. The normalized spacial score (nSPS) is 10.1. The zero-order valence-corrected chi connectivity index (χ0v) is 12.0. The average molecular weight is 318 g/mol. The van der Waals surface area contributed by atoms with E-state index in [1.807, 2.05) is 0 Å². The molecule has 2 aromatic heterocycles. The van der Waals surface area contributed by atoms with Crippen molar-refractivity contribution in [2.75, 3.05) is 23.7 Å². The Morgan fingerprint density at radius 1 is 0.870 bits per heavy atom. The van der Waals surface area contributed by atoms with E-state index in [9.17, 15) is 20.2 Å². The zero-order valence-electron chi connectivity index (χ0n) is 12.0. The Labute approximate surface area is 130 Å². The summed E-state index contributed by atoms with van der Waals surface area (Å²) in [7, 11) is 0. The summed E-state index contributed by atoms with van der Waals surface area (Å²) in [5, 5.41) is 27.4. The average Bonchev–Trinajstić information content (AvgIpc) is 2.55. The lowest BCUT2D eigenvalue weighted by molar-refractivity contribution is -0.384. The summed E-state index contributed by atoms with van der Waals surface area (Å²) >= 11 is 0. The number of hydrogen-bond acceptors (Lipinski definition) is 8. The van der Waals surface area contributed by atoms with Crippen molar-refractivity contribution in [3.63, 3.8) is 0 Å². The standard InChI is InChI=1S/C13H14N6O4/c20-18(21)10-4-1-6-14-12(10)16-8-3-9-17-13-11(19(22)23)5-2-7-15-13/h1-2,4-7H,3,8-9H2,(H,14,16)(H,15,17). The van der Waals surface area contributed by atoms with Crippen molar-refractivity contribution < 1.29 is 9.85 Å². The lowest BCUT2D eigenvalue weighted by atomic mass is 10.3. The molecular formula is C13H14N6O4. The predicted octanol–water partition coefficient (Wildman–Crippen LogP) is 2.21. The van der Waals surface area contributed by atoms with E-state index in [0.717, 1.165) is 0 Å². The molecule has 0 aliphatic heterocycles. The lowest BCUT2D eigenvalue weighted by Crippen LogP contribution is -2.12. The van der Waals surface area contributed by atoms with Crippen molar-refractivity contribution in [1.29, 1.82) is 0 Å². The van der Waals surface area contributed by atoms with Gasteiger partial charge in [-0.1, -0.05) is 0 Å². The second-order valence-corrected chi connectivity index (χ2v) is 4.46. The monoisotopic (exact) mass is 318 g/mol. The SMILES string of the molecule is O=[N+]([O-])c1cccnc1NCCCNc1ncccc1[N+](=O)[O-]. The molecule has 0 spiro atoms. The molecule has 23 heavy (non-hydrogen) atoms. The predicted molar refractivity (Wildman–Crippen MR) is 83.4 cm³/mol. The topological polar surface area (TPSA) is 136 Å². The van der Waals surface area contributed by atoms with Crippen LogP contribution in [0, 0.1) is 20.2 Å². The van der Waals surface area contributed by atoms with Crippen LogP contribution in [-0.4, -0.2) is 32.9 Å². The highest BCUT2D eigenvalue weighted by Gasteiger charge is 2.14. The molecule has 10 nitrogen and oxygen atoms in total. The number of anilines is 2. The first-order chi connectivity index (χ1) is 11.1. The van der Waals surface area contributed by atoms with Crippen LogP contribution < -0.4 is 10.6 Å². The van der Waals surface area contributed by atoms with Crippen LogP contribution in [0.5, 0.6) is 0 Å². The fourth-order valence-electron chi connectivity index (χ4n) is 1.86. The van der Waals surface area contributed by atoms with E-state index in [0.29, 0.717) is 19.5 Å². The lowest BCUT2D eigenvalue weighted by Gasteiger charge is -2.07. The Bertz CT molecular complexity index is 649. The molecule has 2 heterocycles. The molecule has 2 N–H and O–H groups in total. The number of pyridine rings is 2. The van der Waals surface area contributed by atoms with E-state index in [-0.39, 0.29) is 23.0 Å². The Kier molecular flexibility index (Phi) is 5.34. The molecule has 0 saturated carbocycles. The maximum Gasteiger partial charge on any atom is 0.311 e. The summed E-state index contributed by atoms with van der Waals surface area (Å²) in [6.07, 6.45) is 3.50. The minimum Gasteiger partial charge on any atom is -0.364 e. The maximum absolute atomic E-state index is 10.8. The second kappa shape index (κ2) is 7.64. The number of nitrogens with zero attached hydrogens (tertiary/aromatic N) is 4. The van der Waals surface area contributed by atoms with Gasteiger partial charge in [0.1, 0.15) is 0 Å². The molecule has 0 radical (unpaired) electrons. The van der Waals surface area contributed by atoms with Gasteiger partial charge in [0.05, 0.1) is 9.85 Å². The highest BCUT2D eigenvalue weighted by molar-refractivity contribution is 5.56. The minimum atomic E-state index is -0.509. The Morgan fingerprint density at radius 3 is 1.70 bits per heavy atom. The fraction of sp³-hybridized carbons (Fsp3) is 0.231. The van der Waals surface area contributed by atoms with Crippen molar-refractivity contribution in [1.82, 2.24) is 9.97 Å². The number of aromatic nitrogens is 2. The third kappa shape index (κ3) is 4.33. The van der Waals surface area contributed by atoms with Gasteiger partial charge >= 0.3 is 11.4 Å². The van der Waals surface area contributed by atoms with Gasteiger partial charge in [0.15, 0.2) is 0 Å². The van der Waals surface area contributed by atoms with Crippen molar-refractivity contribution >= 4 is 23.0 Å². The van der Waals surface area contributed by atoms with Crippen LogP contribution in [0.1, 0.15) is 6.42 Å². The van der Waals surface area contributed by atoms with Gasteiger partial charge in [-0.3, -0.25) is 20.2 Å². The van der Waals surface area contributed by atoms with E-state index in [1.165, 1.54) is 36.7 Å². The largest absolute Gasteiger partial charge is 0.364 e. The van der Waals surface area contributed by atoms with Gasteiger partial charge in [0, 0.05) is 37.6 Å². The van der Waals surface area contributed by atoms with Crippen LogP contribution in [0.4, 0.5) is 23.0 Å². The highest BCUT2D eigenvalue weighted by atomic mass is 16.6. The molecular weight excluding hydrogens is 304 g/mol. The van der Waals surface area contributed by atoms with Crippen molar-refractivity contribution in [3.8, 4) is 0 Å². The van der Waals surface area contributed by atoms with Crippen LogP contribution in [0.3, 0.4) is 0 Å². The molecule has 0 bridgehead atoms. The van der Waals surface area contributed by atoms with E-state index in [4.69, 9.17) is 0 Å². The molecule has 0 saturated heterocycles. The summed E-state index contributed by atoms with van der Waals surface area (Å²) in [5.41, 5.74) is -0.193. The van der Waals surface area contributed by atoms with Gasteiger partial charge < -0.3 is 10.6 Å². The van der Waals surface area contributed by atoms with Gasteiger partial charge in [-0.25, -0.2) is 9.97 Å². The van der Waals surface area contributed by atoms with Crippen LogP contribution in [0.15, 0.2) is 36.7 Å². The fourth-order valence-corrected chi connectivity index (χ4v) is 1.86. The van der Waals surface area contributed by atoms with Crippen molar-refractivity contribution in [2.24, 2.45) is 0 Å². The van der Waals surface area contributed by atoms with E-state index in [2.05, 4.69) is 20.6 Å². The van der Waals surface area contributed by atoms with Crippen LogP contribution >= 0.6 is 0 Å². The third-order valence-corrected chi connectivity index (χ3v) is 2.90. The zero-order chi connectivity index (χ0) is 16.7. The van der Waals surface area contributed by atoms with E-state index < -0.39 is 9.85 Å². The Balaban J connectivity index is 1.83. The molecule has 2 aromatic rings. The first-order valence-electron chi connectivity index (χ1n) is 6.76. The molecule has 0 aliphatic carbocycles. The quantitative estimate of drug-likeness (QED) is 0.429. The molecule has 0 aliphatic rings. The molecule has 0 atom stereocenters. The third-order valence-electron chi connectivity index (χ3n) is 2.90. The molecule has 0 aromatic carbocycles. The first-order valence-corrected chi connectivity index (χ1v) is 6.76. The number of hydrogen-bond donors (Lipinski definition) is 2.